The van der Waals surface area contributed by atoms with Crippen molar-refractivity contribution in [1.29, 1.82) is 0 Å². The SMILES string of the molecule is CCOC(=O)C1C(N2CCC(N3CC4CC4C3)CC2)CC12CCNC2.CCOC(=O)N1CCC2(CC(N3CCC(N4CCC[C@@H]4C(F)(F)F)CC3)C2)C1. The number of carbonyl (C=O) groups excluding carboxylic acids is 2. The lowest BCUT2D eigenvalue weighted by molar-refractivity contribution is -0.183. The molecule has 2 spiro atoms. The summed E-state index contributed by atoms with van der Waals surface area (Å²) >= 11 is 0. The number of hydrogen-bond donors (Lipinski definition) is 1. The van der Waals surface area contributed by atoms with Crippen LogP contribution in [0.25, 0.3) is 0 Å². The average molecular weight is 751 g/mol. The molecule has 0 radical (unpaired) electrons. The van der Waals surface area contributed by atoms with E-state index in [1.54, 1.807) is 4.90 Å². The molecule has 6 aliphatic heterocycles. The molecule has 3 aliphatic carbocycles. The van der Waals surface area contributed by atoms with Crippen LogP contribution in [-0.2, 0) is 14.3 Å². The fraction of sp³-hybridized carbons (Fsp3) is 0.950. The molecule has 0 aromatic carbocycles. The molecule has 0 aromatic heterocycles. The number of amides is 1. The van der Waals surface area contributed by atoms with Gasteiger partial charge in [0.05, 0.1) is 19.1 Å². The van der Waals surface area contributed by atoms with Crippen molar-refractivity contribution < 1.29 is 32.2 Å². The van der Waals surface area contributed by atoms with Crippen molar-refractivity contribution in [3.8, 4) is 0 Å². The zero-order valence-electron chi connectivity index (χ0n) is 32.3. The number of ether oxygens (including phenoxy) is 2. The Morgan fingerprint density at radius 1 is 0.774 bits per heavy atom. The summed E-state index contributed by atoms with van der Waals surface area (Å²) in [6, 6.07) is 0.591. The number of halogens is 3. The van der Waals surface area contributed by atoms with E-state index in [1.807, 2.05) is 18.7 Å². The molecule has 6 saturated heterocycles. The van der Waals surface area contributed by atoms with E-state index in [-0.39, 0.29) is 41.3 Å². The highest BCUT2D eigenvalue weighted by Gasteiger charge is 2.61. The van der Waals surface area contributed by atoms with Gasteiger partial charge in [0.2, 0.25) is 0 Å². The number of hydrogen-bond acceptors (Lipinski definition) is 9. The second-order valence-electron chi connectivity index (χ2n) is 18.4. The first-order valence-corrected chi connectivity index (χ1v) is 21.3. The number of esters is 1. The third-order valence-electron chi connectivity index (χ3n) is 15.4. The number of nitrogens with zero attached hydrogens (tertiary/aromatic N) is 5. The van der Waals surface area contributed by atoms with Gasteiger partial charge in [0, 0.05) is 62.3 Å². The normalized spacial score (nSPS) is 39.8. The molecule has 6 atom stereocenters. The molecule has 0 bridgehead atoms. The standard InChI is InChI=1S/C20H32F3N3O2.C20H33N3O2/c1-2-28-18(27)25-11-7-19(14-25)12-16(13-19)24-9-5-15(6-10-24)26-8-3-4-17(26)20(21,22)23;1-2-25-19(24)18-17(10-20(18)5-6-21-13-20)22-7-3-16(4-8-22)23-11-14-9-15(14)12-23/h15-17H,2-14H2,1H3;14-18,21H,2-13H2,1H3/t16?,17-,19?;/m1./s1. The Balaban J connectivity index is 0.000000152. The van der Waals surface area contributed by atoms with Crippen LogP contribution in [0.5, 0.6) is 0 Å². The van der Waals surface area contributed by atoms with Crippen molar-refractivity contribution in [1.82, 2.24) is 29.8 Å². The predicted molar refractivity (Wildman–Crippen MR) is 195 cm³/mol. The van der Waals surface area contributed by atoms with Gasteiger partial charge < -0.3 is 24.6 Å². The third-order valence-corrected chi connectivity index (χ3v) is 15.4. The lowest BCUT2D eigenvalue weighted by atomic mass is 9.55. The van der Waals surface area contributed by atoms with Crippen LogP contribution in [0.3, 0.4) is 0 Å². The maximum Gasteiger partial charge on any atom is 0.409 e. The molecule has 3 saturated carbocycles. The highest BCUT2D eigenvalue weighted by atomic mass is 19.4. The van der Waals surface area contributed by atoms with Crippen LogP contribution in [0, 0.1) is 28.6 Å². The summed E-state index contributed by atoms with van der Waals surface area (Å²) in [5.41, 5.74) is 0.425. The van der Waals surface area contributed by atoms with E-state index in [2.05, 4.69) is 20.0 Å². The first-order chi connectivity index (χ1) is 25.5. The molecule has 1 N–H and O–H groups in total. The molecule has 9 aliphatic rings. The Kier molecular flexibility index (Phi) is 11.1. The Morgan fingerprint density at radius 2 is 1.45 bits per heavy atom. The molecule has 53 heavy (non-hydrogen) atoms. The number of carbonyl (C=O) groups is 2. The first kappa shape index (κ1) is 38.2. The minimum atomic E-state index is -4.10. The summed E-state index contributed by atoms with van der Waals surface area (Å²) in [5, 5.41) is 3.48. The van der Waals surface area contributed by atoms with E-state index < -0.39 is 12.2 Å². The average Bonchev–Trinajstić information content (AvgIpc) is 3.71. The fourth-order valence-electron chi connectivity index (χ4n) is 12.4. The van der Waals surface area contributed by atoms with Crippen LogP contribution in [0.1, 0.15) is 90.9 Å². The molecule has 9 rings (SSSR count). The number of nitrogens with one attached hydrogen (secondary N) is 1. The second-order valence-corrected chi connectivity index (χ2v) is 18.4. The van der Waals surface area contributed by atoms with Crippen molar-refractivity contribution in [2.75, 3.05) is 85.2 Å². The number of rotatable bonds is 7. The zero-order chi connectivity index (χ0) is 37.0. The number of likely N-dealkylation sites (tertiary alicyclic amines) is 5. The topological polar surface area (TPSA) is 80.8 Å². The summed E-state index contributed by atoms with van der Waals surface area (Å²) < 4.78 is 50.3. The maximum absolute atomic E-state index is 13.3. The Morgan fingerprint density at radius 3 is 2.09 bits per heavy atom. The lowest BCUT2D eigenvalue weighted by Gasteiger charge is -2.56. The van der Waals surface area contributed by atoms with Gasteiger partial charge in [0.15, 0.2) is 0 Å². The van der Waals surface area contributed by atoms with Gasteiger partial charge in [-0.05, 0) is 147 Å². The Bertz CT molecular complexity index is 1280. The molecule has 300 valence electrons. The van der Waals surface area contributed by atoms with Crippen molar-refractivity contribution in [3.05, 3.63) is 0 Å². The van der Waals surface area contributed by atoms with Crippen LogP contribution in [0.15, 0.2) is 0 Å². The van der Waals surface area contributed by atoms with Gasteiger partial charge in [-0.25, -0.2) is 4.79 Å². The highest BCUT2D eigenvalue weighted by Crippen LogP contribution is 2.54. The van der Waals surface area contributed by atoms with E-state index in [4.69, 9.17) is 9.47 Å². The van der Waals surface area contributed by atoms with E-state index in [0.717, 1.165) is 95.7 Å². The van der Waals surface area contributed by atoms with Crippen LogP contribution < -0.4 is 5.32 Å². The van der Waals surface area contributed by atoms with Gasteiger partial charge in [0.1, 0.15) is 6.04 Å². The van der Waals surface area contributed by atoms with E-state index in [9.17, 15) is 22.8 Å². The van der Waals surface area contributed by atoms with Crippen LogP contribution in [0.2, 0.25) is 0 Å². The molecule has 6 heterocycles. The highest BCUT2D eigenvalue weighted by molar-refractivity contribution is 5.76. The summed E-state index contributed by atoms with van der Waals surface area (Å²) in [6.07, 6.45) is 7.93. The quantitative estimate of drug-likeness (QED) is 0.369. The summed E-state index contributed by atoms with van der Waals surface area (Å²) in [4.78, 5) is 36.0. The maximum atomic E-state index is 13.3. The summed E-state index contributed by atoms with van der Waals surface area (Å²) in [6.45, 7) is 15.7. The molecule has 9 fully saturated rings. The van der Waals surface area contributed by atoms with Crippen molar-refractivity contribution in [3.63, 3.8) is 0 Å². The largest absolute Gasteiger partial charge is 0.466 e. The smallest absolute Gasteiger partial charge is 0.409 e. The van der Waals surface area contributed by atoms with E-state index in [1.165, 1.54) is 51.9 Å². The molecule has 5 unspecified atom stereocenters. The molecule has 1 amide bonds. The predicted octanol–water partition coefficient (Wildman–Crippen LogP) is 4.82. The van der Waals surface area contributed by atoms with Crippen LogP contribution >= 0.6 is 0 Å². The Labute approximate surface area is 314 Å². The van der Waals surface area contributed by atoms with Gasteiger partial charge in [-0.1, -0.05) is 0 Å². The number of piperidine rings is 3. The molecular weight excluding hydrogens is 685 g/mol. The van der Waals surface area contributed by atoms with Gasteiger partial charge in [-0.3, -0.25) is 19.5 Å². The summed E-state index contributed by atoms with van der Waals surface area (Å²) in [5.74, 6) is 2.22. The Hall–Kier alpha value is -1.67. The zero-order valence-corrected chi connectivity index (χ0v) is 32.3. The van der Waals surface area contributed by atoms with Crippen LogP contribution in [-0.4, -0.2) is 158 Å². The van der Waals surface area contributed by atoms with E-state index in [0.29, 0.717) is 38.3 Å². The third kappa shape index (κ3) is 7.73. The van der Waals surface area contributed by atoms with E-state index >= 15 is 0 Å². The monoisotopic (exact) mass is 751 g/mol. The van der Waals surface area contributed by atoms with Gasteiger partial charge >= 0.3 is 18.2 Å². The second kappa shape index (κ2) is 15.3. The molecule has 0 aromatic rings. The first-order valence-electron chi connectivity index (χ1n) is 21.3. The van der Waals surface area contributed by atoms with Gasteiger partial charge in [-0.2, -0.15) is 13.2 Å². The molecule has 13 heteroatoms. The minimum Gasteiger partial charge on any atom is -0.466 e. The van der Waals surface area contributed by atoms with Gasteiger partial charge in [-0.15, -0.1) is 0 Å². The van der Waals surface area contributed by atoms with Crippen LogP contribution in [0.4, 0.5) is 18.0 Å². The van der Waals surface area contributed by atoms with Crippen molar-refractivity contribution in [2.45, 2.75) is 127 Å². The van der Waals surface area contributed by atoms with Gasteiger partial charge in [0.25, 0.3) is 0 Å². The van der Waals surface area contributed by atoms with Crippen molar-refractivity contribution in [2.24, 2.45) is 28.6 Å². The minimum absolute atomic E-state index is 0.0594. The van der Waals surface area contributed by atoms with Crippen molar-refractivity contribution >= 4 is 12.1 Å². The molecular formula is C40H65F3N6O4. The number of fused-ring (bicyclic) bond motifs is 1. The summed E-state index contributed by atoms with van der Waals surface area (Å²) in [7, 11) is 0. The fourth-order valence-corrected chi connectivity index (χ4v) is 12.4. The lowest BCUT2D eigenvalue weighted by Crippen LogP contribution is -2.64. The molecule has 10 nitrogen and oxygen atoms in total. The number of alkyl halides is 3.